The first-order valence-corrected chi connectivity index (χ1v) is 9.14. The van der Waals surface area contributed by atoms with Gasteiger partial charge in [-0.05, 0) is 24.6 Å². The molecule has 0 aliphatic carbocycles. The molecule has 0 N–H and O–H groups in total. The van der Waals surface area contributed by atoms with E-state index >= 15 is 0 Å². The summed E-state index contributed by atoms with van der Waals surface area (Å²) in [5.41, 5.74) is 0.666. The maximum Gasteiger partial charge on any atom is 0.214 e. The second-order valence-corrected chi connectivity index (χ2v) is 7.58. The normalized spacial score (nSPS) is 17.0. The summed E-state index contributed by atoms with van der Waals surface area (Å²) in [5, 5.41) is 0. The third kappa shape index (κ3) is 5.01. The van der Waals surface area contributed by atoms with Gasteiger partial charge in [0.25, 0.3) is 0 Å². The van der Waals surface area contributed by atoms with E-state index in [9.17, 15) is 12.8 Å². The molecule has 1 fully saturated rings. The van der Waals surface area contributed by atoms with Crippen LogP contribution in [0.2, 0.25) is 0 Å². The first-order chi connectivity index (χ1) is 10.5. The molecule has 0 atom stereocenters. The van der Waals surface area contributed by atoms with Gasteiger partial charge in [0.2, 0.25) is 10.0 Å². The maximum absolute atomic E-state index is 13.3. The molecule has 0 aromatic heterocycles. The van der Waals surface area contributed by atoms with Gasteiger partial charge in [0.15, 0.2) is 0 Å². The predicted octanol–water partition coefficient (Wildman–Crippen LogP) is 1.31. The van der Waals surface area contributed by atoms with Crippen LogP contribution in [-0.4, -0.2) is 62.8 Å². The van der Waals surface area contributed by atoms with Gasteiger partial charge in [-0.2, -0.15) is 4.31 Å². The van der Waals surface area contributed by atoms with E-state index in [2.05, 4.69) is 4.90 Å². The van der Waals surface area contributed by atoms with Crippen LogP contribution < -0.4 is 0 Å². The third-order valence-corrected chi connectivity index (χ3v) is 5.60. The Balaban J connectivity index is 2.02. The van der Waals surface area contributed by atoms with Crippen molar-refractivity contribution in [3.05, 3.63) is 35.6 Å². The number of halogens is 1. The summed E-state index contributed by atoms with van der Waals surface area (Å²) in [6.07, 6.45) is 0. The van der Waals surface area contributed by atoms with Gasteiger partial charge in [0, 0.05) is 32.7 Å². The van der Waals surface area contributed by atoms with E-state index in [0.717, 1.165) is 13.1 Å². The maximum atomic E-state index is 13.3. The van der Waals surface area contributed by atoms with Gasteiger partial charge in [-0.25, -0.2) is 12.8 Å². The van der Waals surface area contributed by atoms with Crippen molar-refractivity contribution in [1.82, 2.24) is 9.21 Å². The van der Waals surface area contributed by atoms with Gasteiger partial charge < -0.3 is 4.74 Å². The summed E-state index contributed by atoms with van der Waals surface area (Å²) in [4.78, 5) is 2.19. The molecular weight excluding hydrogens is 307 g/mol. The molecule has 0 unspecified atom stereocenters. The van der Waals surface area contributed by atoms with E-state index in [1.165, 1.54) is 16.4 Å². The minimum Gasteiger partial charge on any atom is -0.379 e. The lowest BCUT2D eigenvalue weighted by Gasteiger charge is -2.29. The molecule has 2 rings (SSSR count). The van der Waals surface area contributed by atoms with E-state index in [0.29, 0.717) is 31.9 Å². The summed E-state index contributed by atoms with van der Waals surface area (Å²) >= 11 is 0. The molecule has 1 aromatic carbocycles. The first kappa shape index (κ1) is 17.3. The third-order valence-electron chi connectivity index (χ3n) is 3.78. The van der Waals surface area contributed by atoms with E-state index < -0.39 is 10.0 Å². The van der Waals surface area contributed by atoms with Crippen LogP contribution in [-0.2, 0) is 21.3 Å². The molecule has 0 spiro atoms. The molecule has 1 aliphatic rings. The SMILES string of the molecule is CCS(=O)(=O)N(CCN1CCOCC1)Cc1cccc(F)c1. The summed E-state index contributed by atoms with van der Waals surface area (Å²) in [7, 11) is -3.32. The number of morpholine rings is 1. The number of nitrogens with zero attached hydrogens (tertiary/aromatic N) is 2. The molecule has 0 bridgehead atoms. The summed E-state index contributed by atoms with van der Waals surface area (Å²) < 4.78 is 44.5. The van der Waals surface area contributed by atoms with Gasteiger partial charge >= 0.3 is 0 Å². The fourth-order valence-corrected chi connectivity index (χ4v) is 3.49. The minimum absolute atomic E-state index is 0.0471. The lowest BCUT2D eigenvalue weighted by Crippen LogP contribution is -2.43. The number of rotatable bonds is 7. The van der Waals surface area contributed by atoms with Crippen molar-refractivity contribution < 1.29 is 17.5 Å². The number of hydrogen-bond donors (Lipinski definition) is 0. The molecule has 7 heteroatoms. The Bertz CT molecular complexity index is 574. The number of ether oxygens (including phenoxy) is 1. The predicted molar refractivity (Wildman–Crippen MR) is 83.5 cm³/mol. The fourth-order valence-electron chi connectivity index (χ4n) is 2.42. The molecule has 22 heavy (non-hydrogen) atoms. The molecule has 0 amide bonds. The second kappa shape index (κ2) is 8.01. The average molecular weight is 330 g/mol. The Hall–Kier alpha value is -1.02. The van der Waals surface area contributed by atoms with Gasteiger partial charge in [0.1, 0.15) is 5.82 Å². The van der Waals surface area contributed by atoms with Crippen molar-refractivity contribution in [3.8, 4) is 0 Å². The zero-order chi connectivity index (χ0) is 16.0. The number of sulfonamides is 1. The van der Waals surface area contributed by atoms with Crippen LogP contribution in [0, 0.1) is 5.82 Å². The number of hydrogen-bond acceptors (Lipinski definition) is 4. The van der Waals surface area contributed by atoms with E-state index in [-0.39, 0.29) is 18.1 Å². The van der Waals surface area contributed by atoms with Crippen molar-refractivity contribution in [1.29, 1.82) is 0 Å². The van der Waals surface area contributed by atoms with Crippen molar-refractivity contribution in [3.63, 3.8) is 0 Å². The largest absolute Gasteiger partial charge is 0.379 e. The minimum atomic E-state index is -3.32. The lowest BCUT2D eigenvalue weighted by molar-refractivity contribution is 0.0361. The number of benzene rings is 1. The van der Waals surface area contributed by atoms with Gasteiger partial charge in [-0.3, -0.25) is 4.90 Å². The molecule has 1 saturated heterocycles. The van der Waals surface area contributed by atoms with Crippen LogP contribution in [0.5, 0.6) is 0 Å². The van der Waals surface area contributed by atoms with Crippen LogP contribution >= 0.6 is 0 Å². The molecular formula is C15H23FN2O3S. The standard InChI is InChI=1S/C15H23FN2O3S/c1-2-22(19,20)18(7-6-17-8-10-21-11-9-17)13-14-4-3-5-15(16)12-14/h3-5,12H,2,6-11,13H2,1H3. The molecule has 5 nitrogen and oxygen atoms in total. The Morgan fingerprint density at radius 3 is 2.68 bits per heavy atom. The van der Waals surface area contributed by atoms with Crippen LogP contribution in [0.4, 0.5) is 4.39 Å². The zero-order valence-corrected chi connectivity index (χ0v) is 13.7. The van der Waals surface area contributed by atoms with Crippen LogP contribution in [0.25, 0.3) is 0 Å². The van der Waals surface area contributed by atoms with Crippen molar-refractivity contribution in [2.24, 2.45) is 0 Å². The molecule has 124 valence electrons. The molecule has 1 heterocycles. The Labute approximate surface area is 131 Å². The highest BCUT2D eigenvalue weighted by Gasteiger charge is 2.22. The lowest BCUT2D eigenvalue weighted by atomic mass is 10.2. The van der Waals surface area contributed by atoms with Gasteiger partial charge in [0.05, 0.1) is 19.0 Å². The van der Waals surface area contributed by atoms with Crippen molar-refractivity contribution >= 4 is 10.0 Å². The smallest absolute Gasteiger partial charge is 0.214 e. The first-order valence-electron chi connectivity index (χ1n) is 7.53. The van der Waals surface area contributed by atoms with Crippen LogP contribution in [0.3, 0.4) is 0 Å². The van der Waals surface area contributed by atoms with E-state index in [1.54, 1.807) is 19.1 Å². The molecule has 1 aromatic rings. The quantitative estimate of drug-likeness (QED) is 0.756. The topological polar surface area (TPSA) is 49.9 Å². The van der Waals surface area contributed by atoms with Crippen molar-refractivity contribution in [2.75, 3.05) is 45.1 Å². The zero-order valence-electron chi connectivity index (χ0n) is 12.9. The summed E-state index contributed by atoms with van der Waals surface area (Å²) in [5.74, 6) is -0.301. The summed E-state index contributed by atoms with van der Waals surface area (Å²) in [6.45, 7) is 5.92. The average Bonchev–Trinajstić information content (AvgIpc) is 2.52. The second-order valence-electron chi connectivity index (χ2n) is 5.32. The molecule has 0 radical (unpaired) electrons. The van der Waals surface area contributed by atoms with Gasteiger partial charge in [-0.15, -0.1) is 0 Å². The molecule has 1 aliphatic heterocycles. The monoisotopic (exact) mass is 330 g/mol. The van der Waals surface area contributed by atoms with Gasteiger partial charge in [-0.1, -0.05) is 12.1 Å². The van der Waals surface area contributed by atoms with E-state index in [4.69, 9.17) is 4.74 Å². The highest BCUT2D eigenvalue weighted by molar-refractivity contribution is 7.89. The Kier molecular flexibility index (Phi) is 6.31. The Morgan fingerprint density at radius 1 is 1.32 bits per heavy atom. The fraction of sp³-hybridized carbons (Fsp3) is 0.600. The van der Waals surface area contributed by atoms with E-state index in [1.807, 2.05) is 0 Å². The summed E-state index contributed by atoms with van der Waals surface area (Å²) in [6, 6.07) is 6.09. The van der Waals surface area contributed by atoms with Crippen LogP contribution in [0.15, 0.2) is 24.3 Å². The molecule has 0 saturated carbocycles. The highest BCUT2D eigenvalue weighted by Crippen LogP contribution is 2.12. The van der Waals surface area contributed by atoms with Crippen molar-refractivity contribution in [2.45, 2.75) is 13.5 Å². The Morgan fingerprint density at radius 2 is 2.05 bits per heavy atom. The van der Waals surface area contributed by atoms with Crippen LogP contribution in [0.1, 0.15) is 12.5 Å². The highest BCUT2D eigenvalue weighted by atomic mass is 32.2.